The molecule has 1 N–H and O–H groups in total. The largest absolute Gasteiger partial charge is 0.332 e. The Morgan fingerprint density at radius 1 is 1.67 bits per heavy atom. The van der Waals surface area contributed by atoms with Crippen molar-refractivity contribution in [2.24, 2.45) is 5.41 Å². The molecule has 1 aliphatic rings. The Labute approximate surface area is 93.6 Å². The predicted molar refractivity (Wildman–Crippen MR) is 57.3 cm³/mol. The maximum Gasteiger partial charge on any atom is 0.230 e. The van der Waals surface area contributed by atoms with Crippen LogP contribution in [0.4, 0.5) is 0 Å². The number of carbonyl (C=O) groups is 1. The SMILES string of the molecule is CC(C)(CCl)C(=O)N1Cc2cn[nH]c2C1. The predicted octanol–water partition coefficient (Wildman–Crippen LogP) is 1.52. The van der Waals surface area contributed by atoms with Crippen LogP contribution in [0.25, 0.3) is 0 Å². The van der Waals surface area contributed by atoms with E-state index in [0.717, 1.165) is 11.3 Å². The second-order valence-electron chi connectivity index (χ2n) is 4.55. The molecule has 0 spiro atoms. The first-order valence-electron chi connectivity index (χ1n) is 4.91. The highest BCUT2D eigenvalue weighted by atomic mass is 35.5. The number of nitrogens with one attached hydrogen (secondary N) is 1. The number of halogens is 1. The molecule has 0 aliphatic carbocycles. The molecule has 1 aliphatic heterocycles. The number of aromatic nitrogens is 2. The highest BCUT2D eigenvalue weighted by Crippen LogP contribution is 2.27. The Kier molecular flexibility index (Phi) is 2.46. The molecular weight excluding hydrogens is 214 g/mol. The minimum absolute atomic E-state index is 0.0992. The Bertz CT molecular complexity index is 365. The number of amides is 1. The molecule has 0 saturated heterocycles. The van der Waals surface area contributed by atoms with E-state index in [1.165, 1.54) is 0 Å². The standard InChI is InChI=1S/C10H14ClN3O/c1-10(2,6-11)9(15)14-4-7-3-12-13-8(7)5-14/h3H,4-6H2,1-2H3,(H,12,13). The lowest BCUT2D eigenvalue weighted by atomic mass is 9.94. The van der Waals surface area contributed by atoms with Crippen LogP contribution in [0.3, 0.4) is 0 Å². The zero-order valence-corrected chi connectivity index (χ0v) is 9.64. The van der Waals surface area contributed by atoms with Gasteiger partial charge in [0.1, 0.15) is 0 Å². The number of fused-ring (bicyclic) bond motifs is 1. The van der Waals surface area contributed by atoms with Gasteiger partial charge in [-0.25, -0.2) is 0 Å². The summed E-state index contributed by atoms with van der Waals surface area (Å²) >= 11 is 5.78. The smallest absolute Gasteiger partial charge is 0.230 e. The molecule has 2 rings (SSSR count). The molecule has 0 saturated carbocycles. The third-order valence-corrected chi connectivity index (χ3v) is 3.39. The number of H-pyrrole nitrogens is 1. The normalized spacial score (nSPS) is 15.5. The first-order valence-corrected chi connectivity index (χ1v) is 5.44. The van der Waals surface area contributed by atoms with Crippen LogP contribution in [0.1, 0.15) is 25.1 Å². The Balaban J connectivity index is 2.10. The van der Waals surface area contributed by atoms with Crippen LogP contribution in [-0.4, -0.2) is 26.9 Å². The number of rotatable bonds is 2. The van der Waals surface area contributed by atoms with Gasteiger partial charge in [0.05, 0.1) is 23.9 Å². The van der Waals surface area contributed by atoms with Gasteiger partial charge in [0, 0.05) is 18.0 Å². The summed E-state index contributed by atoms with van der Waals surface area (Å²) in [5, 5.41) is 6.83. The maximum absolute atomic E-state index is 12.1. The molecule has 1 aromatic rings. The Hall–Kier alpha value is -1.03. The fraction of sp³-hybridized carbons (Fsp3) is 0.600. The van der Waals surface area contributed by atoms with Gasteiger partial charge in [-0.05, 0) is 13.8 Å². The van der Waals surface area contributed by atoms with Gasteiger partial charge in [0.15, 0.2) is 0 Å². The number of alkyl halides is 1. The van der Waals surface area contributed by atoms with Gasteiger partial charge in [-0.2, -0.15) is 5.10 Å². The van der Waals surface area contributed by atoms with Gasteiger partial charge in [0.25, 0.3) is 0 Å². The summed E-state index contributed by atoms with van der Waals surface area (Å²) < 4.78 is 0. The molecule has 0 radical (unpaired) electrons. The van der Waals surface area contributed by atoms with Crippen LogP contribution < -0.4 is 0 Å². The van der Waals surface area contributed by atoms with Crippen molar-refractivity contribution in [2.75, 3.05) is 5.88 Å². The van der Waals surface area contributed by atoms with Gasteiger partial charge < -0.3 is 4.90 Å². The first-order chi connectivity index (χ1) is 7.04. The minimum atomic E-state index is -0.488. The van der Waals surface area contributed by atoms with E-state index in [0.29, 0.717) is 19.0 Å². The van der Waals surface area contributed by atoms with Crippen LogP contribution in [0, 0.1) is 5.41 Å². The molecule has 1 aromatic heterocycles. The van der Waals surface area contributed by atoms with Crippen molar-refractivity contribution in [1.29, 1.82) is 0 Å². The van der Waals surface area contributed by atoms with Gasteiger partial charge in [0.2, 0.25) is 5.91 Å². The third kappa shape index (κ3) is 1.74. The van der Waals surface area contributed by atoms with E-state index >= 15 is 0 Å². The van der Waals surface area contributed by atoms with Crippen molar-refractivity contribution in [3.8, 4) is 0 Å². The lowest BCUT2D eigenvalue weighted by Gasteiger charge is -2.26. The van der Waals surface area contributed by atoms with E-state index in [1.807, 2.05) is 18.7 Å². The topological polar surface area (TPSA) is 49.0 Å². The zero-order valence-electron chi connectivity index (χ0n) is 8.88. The molecule has 0 atom stereocenters. The van der Waals surface area contributed by atoms with Crippen molar-refractivity contribution >= 4 is 17.5 Å². The average Bonchev–Trinajstić information content (AvgIpc) is 2.75. The molecule has 15 heavy (non-hydrogen) atoms. The molecule has 2 heterocycles. The minimum Gasteiger partial charge on any atom is -0.332 e. The molecule has 0 unspecified atom stereocenters. The molecule has 5 heteroatoms. The van der Waals surface area contributed by atoms with E-state index in [1.54, 1.807) is 6.20 Å². The Morgan fingerprint density at radius 2 is 2.40 bits per heavy atom. The van der Waals surface area contributed by atoms with Crippen LogP contribution in [0.15, 0.2) is 6.20 Å². The summed E-state index contributed by atoms with van der Waals surface area (Å²) in [5.41, 5.74) is 1.65. The van der Waals surface area contributed by atoms with Crippen molar-refractivity contribution < 1.29 is 4.79 Å². The second kappa shape index (κ2) is 3.52. The first kappa shape index (κ1) is 10.5. The van der Waals surface area contributed by atoms with E-state index in [-0.39, 0.29) is 5.91 Å². The molecule has 0 aromatic carbocycles. The fourth-order valence-electron chi connectivity index (χ4n) is 1.69. The van der Waals surface area contributed by atoms with Crippen molar-refractivity contribution in [3.05, 3.63) is 17.5 Å². The van der Waals surface area contributed by atoms with Crippen molar-refractivity contribution in [3.63, 3.8) is 0 Å². The average molecular weight is 228 g/mol. The third-order valence-electron chi connectivity index (χ3n) is 2.72. The zero-order chi connectivity index (χ0) is 11.1. The quantitative estimate of drug-likeness (QED) is 0.779. The van der Waals surface area contributed by atoms with E-state index in [2.05, 4.69) is 10.2 Å². The number of aromatic amines is 1. The summed E-state index contributed by atoms with van der Waals surface area (Å²) in [4.78, 5) is 13.9. The van der Waals surface area contributed by atoms with E-state index < -0.39 is 5.41 Å². The van der Waals surface area contributed by atoms with Gasteiger partial charge in [-0.3, -0.25) is 9.89 Å². The van der Waals surface area contributed by atoms with Crippen LogP contribution in [-0.2, 0) is 17.9 Å². The maximum atomic E-state index is 12.1. The Morgan fingerprint density at radius 3 is 3.00 bits per heavy atom. The summed E-state index contributed by atoms with van der Waals surface area (Å²) in [7, 11) is 0. The number of nitrogens with zero attached hydrogens (tertiary/aromatic N) is 2. The van der Waals surface area contributed by atoms with E-state index in [9.17, 15) is 4.79 Å². The molecule has 4 nitrogen and oxygen atoms in total. The number of hydrogen-bond acceptors (Lipinski definition) is 2. The molecule has 0 fully saturated rings. The lowest BCUT2D eigenvalue weighted by molar-refractivity contribution is -0.139. The van der Waals surface area contributed by atoms with Crippen LogP contribution in [0.5, 0.6) is 0 Å². The van der Waals surface area contributed by atoms with Crippen LogP contribution in [0.2, 0.25) is 0 Å². The molecular formula is C10H14ClN3O. The molecule has 1 amide bonds. The number of carbonyl (C=O) groups excluding carboxylic acids is 1. The van der Waals surface area contributed by atoms with Crippen molar-refractivity contribution in [2.45, 2.75) is 26.9 Å². The molecule has 0 bridgehead atoms. The molecule has 82 valence electrons. The summed E-state index contributed by atoms with van der Waals surface area (Å²) in [5.74, 6) is 0.441. The van der Waals surface area contributed by atoms with E-state index in [4.69, 9.17) is 11.6 Å². The van der Waals surface area contributed by atoms with Crippen molar-refractivity contribution in [1.82, 2.24) is 15.1 Å². The summed E-state index contributed by atoms with van der Waals surface area (Å²) in [6.07, 6.45) is 1.77. The monoisotopic (exact) mass is 227 g/mol. The highest BCUT2D eigenvalue weighted by molar-refractivity contribution is 6.19. The lowest BCUT2D eigenvalue weighted by Crippen LogP contribution is -2.39. The van der Waals surface area contributed by atoms with Crippen LogP contribution >= 0.6 is 11.6 Å². The van der Waals surface area contributed by atoms with Gasteiger partial charge in [-0.1, -0.05) is 0 Å². The second-order valence-corrected chi connectivity index (χ2v) is 4.82. The fourth-order valence-corrected chi connectivity index (χ4v) is 1.81. The number of hydrogen-bond donors (Lipinski definition) is 1. The van der Waals surface area contributed by atoms with Gasteiger partial charge in [-0.15, -0.1) is 11.6 Å². The summed E-state index contributed by atoms with van der Waals surface area (Å²) in [6, 6.07) is 0. The van der Waals surface area contributed by atoms with Gasteiger partial charge >= 0.3 is 0 Å². The summed E-state index contributed by atoms with van der Waals surface area (Å²) in [6.45, 7) is 5.00. The highest BCUT2D eigenvalue weighted by Gasteiger charge is 2.34.